The Hall–Kier alpha value is -3.19. The molecule has 1 fully saturated rings. The number of carbonyl (C=O) groups is 2. The molecule has 0 N–H and O–H groups in total. The molecule has 7 nitrogen and oxygen atoms in total. The molecule has 1 atom stereocenters. The lowest BCUT2D eigenvalue weighted by Gasteiger charge is -2.34. The number of aryl methyl sites for hydroxylation is 1. The van der Waals surface area contributed by atoms with E-state index in [4.69, 9.17) is 21.1 Å². The third-order valence-electron chi connectivity index (χ3n) is 7.00. The van der Waals surface area contributed by atoms with Crippen LogP contribution >= 0.6 is 11.6 Å². The first-order chi connectivity index (χ1) is 16.9. The van der Waals surface area contributed by atoms with E-state index in [0.717, 1.165) is 52.9 Å². The Kier molecular flexibility index (Phi) is 6.60. The van der Waals surface area contributed by atoms with E-state index in [9.17, 15) is 9.59 Å². The quantitative estimate of drug-likeness (QED) is 0.481. The van der Waals surface area contributed by atoms with Gasteiger partial charge < -0.3 is 14.3 Å². The van der Waals surface area contributed by atoms with E-state index in [-0.39, 0.29) is 17.7 Å². The van der Waals surface area contributed by atoms with Crippen LogP contribution in [0.4, 0.5) is 0 Å². The Morgan fingerprint density at radius 1 is 1.11 bits per heavy atom. The van der Waals surface area contributed by atoms with Crippen molar-refractivity contribution in [3.8, 4) is 0 Å². The maximum absolute atomic E-state index is 13.2. The SMILES string of the molecule is C=CC(C)Cc1cc(C(=O)N2CCN(C(=O)c3ccc4c(Cl)c5c(nc4c3)CCCC5)CC2)no1. The summed E-state index contributed by atoms with van der Waals surface area (Å²) >= 11 is 6.68. The molecule has 1 unspecified atom stereocenters. The van der Waals surface area contributed by atoms with Crippen LogP contribution in [0.1, 0.15) is 57.6 Å². The number of fused-ring (bicyclic) bond motifs is 2. The van der Waals surface area contributed by atoms with Gasteiger partial charge in [-0.2, -0.15) is 0 Å². The molecule has 5 rings (SSSR count). The van der Waals surface area contributed by atoms with Gasteiger partial charge in [-0.05, 0) is 49.3 Å². The standard InChI is InChI=1S/C27H29ClN4O3/c1-3-17(2)14-19-16-24(30-35-19)27(34)32-12-10-31(11-13-32)26(33)18-8-9-21-23(15-18)29-22-7-5-4-6-20(22)25(21)28/h3,8-9,15-17H,1,4-7,10-14H2,2H3. The lowest BCUT2D eigenvalue weighted by molar-refractivity contribution is 0.0530. The molecule has 3 heterocycles. The van der Waals surface area contributed by atoms with E-state index in [1.54, 1.807) is 15.9 Å². The number of hydrogen-bond acceptors (Lipinski definition) is 5. The highest BCUT2D eigenvalue weighted by molar-refractivity contribution is 6.36. The van der Waals surface area contributed by atoms with Crippen molar-refractivity contribution in [3.63, 3.8) is 0 Å². The number of aromatic nitrogens is 2. The lowest BCUT2D eigenvalue weighted by Crippen LogP contribution is -2.50. The number of pyridine rings is 1. The predicted octanol–water partition coefficient (Wildman–Crippen LogP) is 4.72. The van der Waals surface area contributed by atoms with E-state index >= 15 is 0 Å². The second kappa shape index (κ2) is 9.82. The van der Waals surface area contributed by atoms with E-state index in [0.29, 0.717) is 49.6 Å². The third kappa shape index (κ3) is 4.69. The predicted molar refractivity (Wildman–Crippen MR) is 135 cm³/mol. The van der Waals surface area contributed by atoms with Gasteiger partial charge in [-0.25, -0.2) is 0 Å². The fraction of sp³-hybridized carbons (Fsp3) is 0.407. The Morgan fingerprint density at radius 2 is 1.83 bits per heavy atom. The monoisotopic (exact) mass is 492 g/mol. The fourth-order valence-electron chi connectivity index (χ4n) is 4.87. The van der Waals surface area contributed by atoms with E-state index in [2.05, 4.69) is 11.7 Å². The van der Waals surface area contributed by atoms with Crippen molar-refractivity contribution in [1.29, 1.82) is 0 Å². The smallest absolute Gasteiger partial charge is 0.276 e. The molecule has 2 amide bonds. The first-order valence-electron chi connectivity index (χ1n) is 12.2. The first-order valence-corrected chi connectivity index (χ1v) is 12.6. The van der Waals surface area contributed by atoms with Gasteiger partial charge in [-0.15, -0.1) is 6.58 Å². The number of piperazine rings is 1. The van der Waals surface area contributed by atoms with Crippen LogP contribution in [0.2, 0.25) is 5.02 Å². The minimum atomic E-state index is -0.173. The summed E-state index contributed by atoms with van der Waals surface area (Å²) in [6.07, 6.45) is 6.64. The first kappa shape index (κ1) is 23.5. The number of hydrogen-bond donors (Lipinski definition) is 0. The van der Waals surface area contributed by atoms with Crippen molar-refractivity contribution in [2.45, 2.75) is 39.0 Å². The maximum Gasteiger partial charge on any atom is 0.276 e. The molecule has 2 aromatic heterocycles. The summed E-state index contributed by atoms with van der Waals surface area (Å²) in [5.74, 6) is 0.678. The van der Waals surface area contributed by atoms with Crippen molar-refractivity contribution >= 4 is 34.3 Å². The number of benzene rings is 1. The molecule has 1 aliphatic carbocycles. The van der Waals surface area contributed by atoms with Crippen molar-refractivity contribution in [1.82, 2.24) is 19.9 Å². The second-order valence-corrected chi connectivity index (χ2v) is 9.85. The summed E-state index contributed by atoms with van der Waals surface area (Å²) in [7, 11) is 0. The Labute approximate surface area is 209 Å². The fourth-order valence-corrected chi connectivity index (χ4v) is 5.23. The van der Waals surface area contributed by atoms with Crippen LogP contribution in [0.25, 0.3) is 10.9 Å². The van der Waals surface area contributed by atoms with Gasteiger partial charge in [0.1, 0.15) is 5.76 Å². The molecular formula is C27H29ClN4O3. The van der Waals surface area contributed by atoms with Gasteiger partial charge in [0, 0.05) is 55.3 Å². The van der Waals surface area contributed by atoms with Crippen LogP contribution in [0.3, 0.4) is 0 Å². The zero-order valence-electron chi connectivity index (χ0n) is 19.9. The highest BCUT2D eigenvalue weighted by atomic mass is 35.5. The molecule has 0 radical (unpaired) electrons. The molecule has 182 valence electrons. The molecular weight excluding hydrogens is 464 g/mol. The minimum absolute atomic E-state index is 0.0585. The number of allylic oxidation sites excluding steroid dienone is 1. The Balaban J connectivity index is 1.25. The molecule has 0 spiro atoms. The summed E-state index contributed by atoms with van der Waals surface area (Å²) in [6.45, 7) is 7.61. The van der Waals surface area contributed by atoms with Gasteiger partial charge in [0.25, 0.3) is 11.8 Å². The third-order valence-corrected chi connectivity index (χ3v) is 7.43. The van der Waals surface area contributed by atoms with Crippen molar-refractivity contribution in [2.24, 2.45) is 5.92 Å². The van der Waals surface area contributed by atoms with Crippen LogP contribution in [0, 0.1) is 5.92 Å². The lowest BCUT2D eigenvalue weighted by atomic mass is 9.94. The van der Waals surface area contributed by atoms with Gasteiger partial charge in [0.05, 0.1) is 10.5 Å². The molecule has 8 heteroatoms. The van der Waals surface area contributed by atoms with Crippen molar-refractivity contribution < 1.29 is 14.1 Å². The average molecular weight is 493 g/mol. The summed E-state index contributed by atoms with van der Waals surface area (Å²) in [4.78, 5) is 34.4. The highest BCUT2D eigenvalue weighted by Gasteiger charge is 2.28. The number of halogens is 1. The Bertz CT molecular complexity index is 1290. The number of nitrogens with zero attached hydrogens (tertiary/aromatic N) is 4. The summed E-state index contributed by atoms with van der Waals surface area (Å²) < 4.78 is 5.32. The van der Waals surface area contributed by atoms with Crippen LogP contribution in [-0.4, -0.2) is 57.9 Å². The van der Waals surface area contributed by atoms with Crippen molar-refractivity contribution in [3.05, 3.63) is 70.2 Å². The maximum atomic E-state index is 13.2. The highest BCUT2D eigenvalue weighted by Crippen LogP contribution is 2.33. The Morgan fingerprint density at radius 3 is 2.57 bits per heavy atom. The number of rotatable bonds is 5. The van der Waals surface area contributed by atoms with Crippen LogP contribution in [0.15, 0.2) is 41.4 Å². The average Bonchev–Trinajstić information content (AvgIpc) is 3.36. The topological polar surface area (TPSA) is 79.5 Å². The molecule has 1 aliphatic heterocycles. The zero-order valence-corrected chi connectivity index (χ0v) is 20.7. The number of carbonyl (C=O) groups excluding carboxylic acids is 2. The number of amides is 2. The molecule has 1 aromatic carbocycles. The van der Waals surface area contributed by atoms with E-state index in [1.807, 2.05) is 31.2 Å². The van der Waals surface area contributed by atoms with Crippen LogP contribution in [0.5, 0.6) is 0 Å². The van der Waals surface area contributed by atoms with Gasteiger partial charge in [-0.3, -0.25) is 14.6 Å². The normalized spacial score (nSPS) is 16.7. The summed E-state index contributed by atoms with van der Waals surface area (Å²) in [5.41, 5.74) is 3.87. The summed E-state index contributed by atoms with van der Waals surface area (Å²) in [6, 6.07) is 7.27. The van der Waals surface area contributed by atoms with E-state index in [1.165, 1.54) is 0 Å². The van der Waals surface area contributed by atoms with Gasteiger partial charge in [0.2, 0.25) is 0 Å². The summed E-state index contributed by atoms with van der Waals surface area (Å²) in [5, 5.41) is 5.61. The molecule has 1 saturated heterocycles. The van der Waals surface area contributed by atoms with Gasteiger partial charge >= 0.3 is 0 Å². The molecule has 0 saturated carbocycles. The van der Waals surface area contributed by atoms with Crippen LogP contribution < -0.4 is 0 Å². The minimum Gasteiger partial charge on any atom is -0.361 e. The molecule has 3 aromatic rings. The molecule has 2 aliphatic rings. The van der Waals surface area contributed by atoms with E-state index < -0.39 is 0 Å². The zero-order chi connectivity index (χ0) is 24.5. The van der Waals surface area contributed by atoms with Crippen LogP contribution in [-0.2, 0) is 19.3 Å². The largest absolute Gasteiger partial charge is 0.361 e. The molecule has 0 bridgehead atoms. The van der Waals surface area contributed by atoms with Gasteiger partial charge in [-0.1, -0.05) is 35.8 Å². The second-order valence-electron chi connectivity index (χ2n) is 9.47. The molecule has 35 heavy (non-hydrogen) atoms. The van der Waals surface area contributed by atoms with Crippen molar-refractivity contribution in [2.75, 3.05) is 26.2 Å². The van der Waals surface area contributed by atoms with Gasteiger partial charge in [0.15, 0.2) is 5.69 Å².